The van der Waals surface area contributed by atoms with E-state index in [1.807, 2.05) is 41.7 Å². The molecule has 0 atom stereocenters. The molecule has 1 fully saturated rings. The molecule has 35 heavy (non-hydrogen) atoms. The highest BCUT2D eigenvalue weighted by Crippen LogP contribution is 2.31. The van der Waals surface area contributed by atoms with E-state index in [-0.39, 0.29) is 12.1 Å². The molecule has 2 aromatic carbocycles. The number of aromatic amines is 1. The molecule has 3 heterocycles. The number of nitrogens with one attached hydrogen (secondary N) is 2. The average Bonchev–Trinajstić information content (AvgIpc) is 3.34. The number of aromatic nitrogens is 3. The van der Waals surface area contributed by atoms with Crippen LogP contribution in [0.3, 0.4) is 0 Å². The Hall–Kier alpha value is -2.81. The molecule has 0 aliphatic carbocycles. The number of H-pyrrole nitrogens is 1. The van der Waals surface area contributed by atoms with Crippen LogP contribution in [-0.4, -0.2) is 54.0 Å². The zero-order valence-corrected chi connectivity index (χ0v) is 21.2. The van der Waals surface area contributed by atoms with E-state index in [2.05, 4.69) is 39.9 Å². The van der Waals surface area contributed by atoms with E-state index >= 15 is 0 Å². The van der Waals surface area contributed by atoms with Crippen molar-refractivity contribution in [3.63, 3.8) is 0 Å². The Labute approximate surface area is 209 Å². The van der Waals surface area contributed by atoms with Gasteiger partial charge in [0.1, 0.15) is 6.20 Å². The van der Waals surface area contributed by atoms with Crippen LogP contribution in [0.1, 0.15) is 19.4 Å². The lowest BCUT2D eigenvalue weighted by Gasteiger charge is -2.30. The number of alkyl halides is 2. The first-order valence-electron chi connectivity index (χ1n) is 12.0. The van der Waals surface area contributed by atoms with Gasteiger partial charge in [0.2, 0.25) is 0 Å². The minimum atomic E-state index is -2.88. The van der Waals surface area contributed by atoms with Gasteiger partial charge in [0.05, 0.1) is 23.9 Å². The molecule has 184 valence electrons. The van der Waals surface area contributed by atoms with E-state index in [1.54, 1.807) is 30.1 Å². The van der Waals surface area contributed by atoms with Gasteiger partial charge in [0.25, 0.3) is 5.92 Å². The summed E-state index contributed by atoms with van der Waals surface area (Å²) in [5.74, 6) is -2.88. The maximum atomic E-state index is 14.8. The van der Waals surface area contributed by atoms with Gasteiger partial charge in [-0.2, -0.15) is 8.78 Å². The molecule has 8 heteroatoms. The van der Waals surface area contributed by atoms with Gasteiger partial charge in [-0.25, -0.2) is 5.10 Å². The van der Waals surface area contributed by atoms with Crippen molar-refractivity contribution in [3.05, 3.63) is 72.7 Å². The van der Waals surface area contributed by atoms with Gasteiger partial charge in [0, 0.05) is 36.6 Å². The number of rotatable bonds is 6. The van der Waals surface area contributed by atoms with Crippen molar-refractivity contribution in [1.82, 2.24) is 20.3 Å². The highest BCUT2D eigenvalue weighted by atomic mass is 32.2. The predicted molar refractivity (Wildman–Crippen MR) is 139 cm³/mol. The largest absolute Gasteiger partial charge is 0.355 e. The van der Waals surface area contributed by atoms with E-state index in [0.29, 0.717) is 13.1 Å². The van der Waals surface area contributed by atoms with Gasteiger partial charge in [0.15, 0.2) is 6.20 Å². The summed E-state index contributed by atoms with van der Waals surface area (Å²) >= 11 is 1.70. The summed E-state index contributed by atoms with van der Waals surface area (Å²) < 4.78 is 31.5. The number of fused-ring (bicyclic) bond motifs is 1. The van der Waals surface area contributed by atoms with Crippen LogP contribution in [0.2, 0.25) is 0 Å². The molecule has 2 aromatic heterocycles. The van der Waals surface area contributed by atoms with Gasteiger partial charge in [-0.1, -0.05) is 50.2 Å². The normalized spacial score (nSPS) is 14.5. The van der Waals surface area contributed by atoms with E-state index in [4.69, 9.17) is 0 Å². The van der Waals surface area contributed by atoms with Crippen LogP contribution in [-0.2, 0) is 5.92 Å². The van der Waals surface area contributed by atoms with E-state index in [0.717, 1.165) is 41.0 Å². The maximum Gasteiger partial charge on any atom is 0.355 e. The summed E-state index contributed by atoms with van der Waals surface area (Å²) in [7, 11) is 0. The first-order chi connectivity index (χ1) is 17.0. The minimum Gasteiger partial charge on any atom is -0.314 e. The monoisotopic (exact) mass is 496 g/mol. The first kappa shape index (κ1) is 25.3. The highest BCUT2D eigenvalue weighted by Gasteiger charge is 2.34. The van der Waals surface area contributed by atoms with Crippen LogP contribution in [0, 0.1) is 0 Å². The molecule has 1 aliphatic rings. The highest BCUT2D eigenvalue weighted by molar-refractivity contribution is 7.98. The van der Waals surface area contributed by atoms with Gasteiger partial charge >= 0.3 is 5.65 Å². The fraction of sp³-hybridized carbons (Fsp3) is 0.333. The Kier molecular flexibility index (Phi) is 8.15. The van der Waals surface area contributed by atoms with Crippen molar-refractivity contribution in [3.8, 4) is 22.3 Å². The quantitative estimate of drug-likeness (QED) is 0.284. The fourth-order valence-electron chi connectivity index (χ4n) is 4.22. The molecule has 2 N–H and O–H groups in total. The standard InChI is InChI=1S/C25H25F2N5S.C2H6/c1-33-22-4-2-3-19(13-22)23-15-30-32-16-20(14-29-24(23)32)18-5-7-21(8-6-18)25(26,27)17-31-11-9-28-10-12-31;1-2/h2-8,13-16,28H,9-12,17H2,1H3;1-2H3/p+1. The Balaban J connectivity index is 0.00000141. The van der Waals surface area contributed by atoms with Crippen molar-refractivity contribution >= 4 is 17.4 Å². The van der Waals surface area contributed by atoms with Gasteiger partial charge < -0.3 is 5.32 Å². The molecule has 4 aromatic rings. The van der Waals surface area contributed by atoms with Gasteiger partial charge in [-0.15, -0.1) is 16.3 Å². The van der Waals surface area contributed by atoms with Crippen LogP contribution in [0.25, 0.3) is 27.9 Å². The summed E-state index contributed by atoms with van der Waals surface area (Å²) in [6.45, 7) is 6.56. The van der Waals surface area contributed by atoms with E-state index < -0.39 is 5.92 Å². The van der Waals surface area contributed by atoms with Crippen LogP contribution in [0.15, 0.2) is 72.0 Å². The molecular weight excluding hydrogens is 464 g/mol. The SMILES string of the molecule is CC.CSc1cccc(-c2c[nH][n+]3cc(-c4ccc(C(F)(F)CN5CCNCC5)cc4)cnc23)c1. The number of benzene rings is 2. The lowest BCUT2D eigenvalue weighted by molar-refractivity contribution is -0.578. The van der Waals surface area contributed by atoms with Crippen LogP contribution in [0.4, 0.5) is 8.78 Å². The third kappa shape index (κ3) is 5.72. The third-order valence-corrected chi connectivity index (χ3v) is 6.79. The summed E-state index contributed by atoms with van der Waals surface area (Å²) in [5, 5.41) is 6.43. The molecule has 1 aliphatic heterocycles. The van der Waals surface area contributed by atoms with Crippen LogP contribution < -0.4 is 9.83 Å². The number of nitrogens with zero attached hydrogens (tertiary/aromatic N) is 3. The Morgan fingerprint density at radius 2 is 1.77 bits per heavy atom. The summed E-state index contributed by atoms with van der Waals surface area (Å²) in [6.07, 6.45) is 7.72. The minimum absolute atomic E-state index is 0.0438. The second-order valence-corrected chi connectivity index (χ2v) is 9.14. The average molecular weight is 497 g/mol. The lowest BCUT2D eigenvalue weighted by atomic mass is 10.0. The van der Waals surface area contributed by atoms with Crippen molar-refractivity contribution in [2.24, 2.45) is 0 Å². The third-order valence-electron chi connectivity index (χ3n) is 6.06. The van der Waals surface area contributed by atoms with Crippen LogP contribution >= 0.6 is 11.8 Å². The van der Waals surface area contributed by atoms with E-state index in [1.165, 1.54) is 17.0 Å². The maximum absolute atomic E-state index is 14.8. The molecule has 0 bridgehead atoms. The number of thioether (sulfide) groups is 1. The Bertz CT molecular complexity index is 1250. The molecule has 0 radical (unpaired) electrons. The molecule has 0 unspecified atom stereocenters. The predicted octanol–water partition coefficient (Wildman–Crippen LogP) is 5.23. The topological polar surface area (TPSA) is 48.1 Å². The van der Waals surface area contributed by atoms with E-state index in [9.17, 15) is 8.78 Å². The zero-order chi connectivity index (χ0) is 24.8. The fourth-order valence-corrected chi connectivity index (χ4v) is 4.68. The summed E-state index contributed by atoms with van der Waals surface area (Å²) in [6, 6.07) is 14.9. The van der Waals surface area contributed by atoms with Crippen molar-refractivity contribution < 1.29 is 13.3 Å². The number of hydrogen-bond donors (Lipinski definition) is 2. The second kappa shape index (κ2) is 11.3. The molecule has 5 rings (SSSR count). The number of piperazine rings is 1. The number of halogens is 2. The molecule has 5 nitrogen and oxygen atoms in total. The summed E-state index contributed by atoms with van der Waals surface area (Å²) in [4.78, 5) is 7.67. The number of hydrogen-bond acceptors (Lipinski definition) is 4. The van der Waals surface area contributed by atoms with Crippen molar-refractivity contribution in [1.29, 1.82) is 0 Å². The molecule has 0 amide bonds. The molecule has 0 spiro atoms. The molecule has 0 saturated carbocycles. The Morgan fingerprint density at radius 3 is 2.49 bits per heavy atom. The van der Waals surface area contributed by atoms with Gasteiger partial charge in [-0.3, -0.25) is 4.90 Å². The van der Waals surface area contributed by atoms with Crippen molar-refractivity contribution in [2.75, 3.05) is 39.0 Å². The molecule has 1 saturated heterocycles. The Morgan fingerprint density at radius 1 is 1.03 bits per heavy atom. The van der Waals surface area contributed by atoms with Crippen molar-refractivity contribution in [2.45, 2.75) is 24.7 Å². The summed E-state index contributed by atoms with van der Waals surface area (Å²) in [5.41, 5.74) is 4.67. The second-order valence-electron chi connectivity index (χ2n) is 8.26. The van der Waals surface area contributed by atoms with Crippen LogP contribution in [0.5, 0.6) is 0 Å². The smallest absolute Gasteiger partial charge is 0.314 e. The first-order valence-corrected chi connectivity index (χ1v) is 13.2. The molecular formula is C27H32F2N5S+. The zero-order valence-electron chi connectivity index (χ0n) is 20.4. The lowest BCUT2D eigenvalue weighted by Crippen LogP contribution is -2.47. The van der Waals surface area contributed by atoms with Gasteiger partial charge in [-0.05, 0) is 34.5 Å².